The Morgan fingerprint density at radius 3 is 1.48 bits per heavy atom. The Labute approximate surface area is 128 Å². The first-order valence-corrected chi connectivity index (χ1v) is 7.85. The van der Waals surface area contributed by atoms with E-state index in [4.69, 9.17) is 0 Å². The van der Waals surface area contributed by atoms with Gasteiger partial charge in [-0.05, 0) is 59.9 Å². The van der Waals surface area contributed by atoms with E-state index in [0.29, 0.717) is 11.8 Å². The Morgan fingerprint density at radius 1 is 0.667 bits per heavy atom. The predicted octanol–water partition coefficient (Wildman–Crippen LogP) is 5.45. The summed E-state index contributed by atoms with van der Waals surface area (Å²) in [4.78, 5) is 0. The SMILES string of the molecule is CC(C)Cc1ccc(CC(C)Cc2ccc(F)cc2)cc1. The second-order valence-electron chi connectivity index (χ2n) is 6.55. The fourth-order valence-electron chi connectivity index (χ4n) is 2.78. The van der Waals surface area contributed by atoms with Crippen LogP contribution in [0.25, 0.3) is 0 Å². The molecule has 0 N–H and O–H groups in total. The standard InChI is InChI=1S/C20H25F/c1-15(2)12-17-4-6-18(7-5-17)13-16(3)14-19-8-10-20(21)11-9-19/h4-11,15-16H,12-14H2,1-3H3. The summed E-state index contributed by atoms with van der Waals surface area (Å²) in [5.74, 6) is 1.10. The Bertz CT molecular complexity index is 537. The summed E-state index contributed by atoms with van der Waals surface area (Å²) in [6, 6.07) is 15.9. The predicted molar refractivity (Wildman–Crippen MR) is 88.0 cm³/mol. The largest absolute Gasteiger partial charge is 0.207 e. The van der Waals surface area contributed by atoms with E-state index < -0.39 is 0 Å². The molecule has 0 bridgehead atoms. The van der Waals surface area contributed by atoms with E-state index in [0.717, 1.165) is 19.3 Å². The van der Waals surface area contributed by atoms with Crippen molar-refractivity contribution in [3.8, 4) is 0 Å². The third kappa shape index (κ3) is 5.34. The highest BCUT2D eigenvalue weighted by Gasteiger charge is 2.06. The van der Waals surface area contributed by atoms with Crippen LogP contribution in [0.3, 0.4) is 0 Å². The highest BCUT2D eigenvalue weighted by Crippen LogP contribution is 2.16. The molecule has 1 heteroatoms. The molecule has 0 aromatic heterocycles. The van der Waals surface area contributed by atoms with Crippen molar-refractivity contribution >= 4 is 0 Å². The molecule has 0 spiro atoms. The molecule has 0 aliphatic heterocycles. The van der Waals surface area contributed by atoms with Crippen molar-refractivity contribution in [1.29, 1.82) is 0 Å². The maximum absolute atomic E-state index is 12.9. The monoisotopic (exact) mass is 284 g/mol. The molecule has 112 valence electrons. The van der Waals surface area contributed by atoms with Crippen molar-refractivity contribution in [2.75, 3.05) is 0 Å². The Kier molecular flexibility index (Phi) is 5.55. The molecule has 0 saturated carbocycles. The van der Waals surface area contributed by atoms with E-state index in [1.807, 2.05) is 12.1 Å². The average Bonchev–Trinajstić information content (AvgIpc) is 2.43. The van der Waals surface area contributed by atoms with Gasteiger partial charge in [-0.1, -0.05) is 57.2 Å². The van der Waals surface area contributed by atoms with Gasteiger partial charge in [0, 0.05) is 0 Å². The molecule has 1 atom stereocenters. The maximum atomic E-state index is 12.9. The van der Waals surface area contributed by atoms with Gasteiger partial charge in [0.15, 0.2) is 0 Å². The second-order valence-corrected chi connectivity index (χ2v) is 6.55. The molecule has 0 heterocycles. The van der Waals surface area contributed by atoms with Crippen LogP contribution in [0.5, 0.6) is 0 Å². The number of hydrogen-bond acceptors (Lipinski definition) is 0. The highest BCUT2D eigenvalue weighted by molar-refractivity contribution is 5.24. The third-order valence-electron chi connectivity index (χ3n) is 3.75. The first-order chi connectivity index (χ1) is 10.0. The zero-order valence-electron chi connectivity index (χ0n) is 13.3. The summed E-state index contributed by atoms with van der Waals surface area (Å²) < 4.78 is 12.9. The van der Waals surface area contributed by atoms with Gasteiger partial charge < -0.3 is 0 Å². The van der Waals surface area contributed by atoms with Crippen molar-refractivity contribution < 1.29 is 4.39 Å². The lowest BCUT2D eigenvalue weighted by Gasteiger charge is -2.12. The van der Waals surface area contributed by atoms with Crippen LogP contribution < -0.4 is 0 Å². The van der Waals surface area contributed by atoms with Crippen LogP contribution in [0.4, 0.5) is 4.39 Å². The second kappa shape index (κ2) is 7.40. The molecule has 2 aromatic carbocycles. The van der Waals surface area contributed by atoms with Gasteiger partial charge in [-0.3, -0.25) is 0 Å². The van der Waals surface area contributed by atoms with Gasteiger partial charge >= 0.3 is 0 Å². The maximum Gasteiger partial charge on any atom is 0.123 e. The van der Waals surface area contributed by atoms with E-state index in [-0.39, 0.29) is 5.82 Å². The number of rotatable bonds is 6. The van der Waals surface area contributed by atoms with Gasteiger partial charge in [0.05, 0.1) is 0 Å². The summed E-state index contributed by atoms with van der Waals surface area (Å²) in [6.07, 6.45) is 3.21. The smallest absolute Gasteiger partial charge is 0.123 e. The van der Waals surface area contributed by atoms with Crippen LogP contribution in [0.2, 0.25) is 0 Å². The molecule has 2 aromatic rings. The molecule has 0 amide bonds. The summed E-state index contributed by atoms with van der Waals surface area (Å²) in [7, 11) is 0. The molecule has 0 nitrogen and oxygen atoms in total. The summed E-state index contributed by atoms with van der Waals surface area (Å²) in [5, 5.41) is 0. The minimum absolute atomic E-state index is 0.160. The molecule has 0 saturated heterocycles. The zero-order valence-corrected chi connectivity index (χ0v) is 13.3. The van der Waals surface area contributed by atoms with Gasteiger partial charge in [-0.2, -0.15) is 0 Å². The van der Waals surface area contributed by atoms with Crippen LogP contribution in [-0.4, -0.2) is 0 Å². The fraction of sp³-hybridized carbons (Fsp3) is 0.400. The van der Waals surface area contributed by atoms with Crippen LogP contribution in [0.15, 0.2) is 48.5 Å². The summed E-state index contributed by atoms with van der Waals surface area (Å²) >= 11 is 0. The van der Waals surface area contributed by atoms with E-state index in [1.165, 1.54) is 16.7 Å². The quantitative estimate of drug-likeness (QED) is 0.662. The number of hydrogen-bond donors (Lipinski definition) is 0. The van der Waals surface area contributed by atoms with Crippen molar-refractivity contribution in [1.82, 2.24) is 0 Å². The van der Waals surface area contributed by atoms with Crippen LogP contribution in [0.1, 0.15) is 37.5 Å². The molecule has 1 unspecified atom stereocenters. The molecule has 21 heavy (non-hydrogen) atoms. The molecule has 0 aliphatic carbocycles. The fourth-order valence-corrected chi connectivity index (χ4v) is 2.78. The van der Waals surface area contributed by atoms with Crippen molar-refractivity contribution in [3.05, 3.63) is 71.0 Å². The van der Waals surface area contributed by atoms with Gasteiger partial charge in [0.1, 0.15) is 5.82 Å². The molecule has 0 aliphatic rings. The average molecular weight is 284 g/mol. The van der Waals surface area contributed by atoms with E-state index in [1.54, 1.807) is 12.1 Å². The Morgan fingerprint density at radius 2 is 1.05 bits per heavy atom. The normalized spacial score (nSPS) is 12.6. The number of halogens is 1. The molecule has 0 radical (unpaired) electrons. The topological polar surface area (TPSA) is 0 Å². The zero-order chi connectivity index (χ0) is 15.2. The molecule has 2 rings (SSSR count). The van der Waals surface area contributed by atoms with E-state index in [9.17, 15) is 4.39 Å². The lowest BCUT2D eigenvalue weighted by molar-refractivity contribution is 0.574. The highest BCUT2D eigenvalue weighted by atomic mass is 19.1. The van der Waals surface area contributed by atoms with Crippen LogP contribution in [0, 0.1) is 17.7 Å². The summed E-state index contributed by atoms with van der Waals surface area (Å²) in [5.41, 5.74) is 4.01. The van der Waals surface area contributed by atoms with Gasteiger partial charge in [-0.15, -0.1) is 0 Å². The van der Waals surface area contributed by atoms with Crippen LogP contribution >= 0.6 is 0 Å². The number of benzene rings is 2. The van der Waals surface area contributed by atoms with Crippen LogP contribution in [-0.2, 0) is 19.3 Å². The minimum Gasteiger partial charge on any atom is -0.207 e. The molecule has 0 fully saturated rings. The third-order valence-corrected chi connectivity index (χ3v) is 3.75. The minimum atomic E-state index is -0.160. The van der Waals surface area contributed by atoms with E-state index in [2.05, 4.69) is 45.0 Å². The van der Waals surface area contributed by atoms with Crippen molar-refractivity contribution in [2.45, 2.75) is 40.0 Å². The molecular formula is C20H25F. The molecular weight excluding hydrogens is 259 g/mol. The Balaban J connectivity index is 1.90. The van der Waals surface area contributed by atoms with Gasteiger partial charge in [0.2, 0.25) is 0 Å². The van der Waals surface area contributed by atoms with Crippen molar-refractivity contribution in [2.24, 2.45) is 11.8 Å². The first kappa shape index (κ1) is 15.8. The van der Waals surface area contributed by atoms with Crippen molar-refractivity contribution in [3.63, 3.8) is 0 Å². The Hall–Kier alpha value is -1.63. The van der Waals surface area contributed by atoms with E-state index >= 15 is 0 Å². The first-order valence-electron chi connectivity index (χ1n) is 7.85. The summed E-state index contributed by atoms with van der Waals surface area (Å²) in [6.45, 7) is 6.75. The van der Waals surface area contributed by atoms with Gasteiger partial charge in [-0.25, -0.2) is 4.39 Å². The lowest BCUT2D eigenvalue weighted by atomic mass is 9.93. The van der Waals surface area contributed by atoms with Gasteiger partial charge in [0.25, 0.3) is 0 Å². The lowest BCUT2D eigenvalue weighted by Crippen LogP contribution is -2.04.